The summed E-state index contributed by atoms with van der Waals surface area (Å²) in [5, 5.41) is 8.84. The van der Waals surface area contributed by atoms with E-state index in [9.17, 15) is 4.39 Å². The second-order valence-corrected chi connectivity index (χ2v) is 2.49. The van der Waals surface area contributed by atoms with Crippen molar-refractivity contribution in [3.05, 3.63) is 29.6 Å². The van der Waals surface area contributed by atoms with Gasteiger partial charge in [0.2, 0.25) is 0 Å². The zero-order valence-corrected chi connectivity index (χ0v) is 6.21. The third-order valence-corrected chi connectivity index (χ3v) is 1.47. The number of nitrogens with two attached hydrogens (primary N) is 1. The average Bonchev–Trinajstić information content (AvgIpc) is 1.85. The SMILES string of the molecule is C[C@H](N)c1ccc(O)cc1F. The lowest BCUT2D eigenvalue weighted by molar-refractivity contribution is 0.467. The van der Waals surface area contributed by atoms with Crippen LogP contribution in [-0.4, -0.2) is 5.11 Å². The van der Waals surface area contributed by atoms with Gasteiger partial charge < -0.3 is 10.8 Å². The summed E-state index contributed by atoms with van der Waals surface area (Å²) in [6, 6.07) is 3.62. The molecule has 0 heterocycles. The molecule has 1 atom stereocenters. The molecule has 0 aliphatic rings. The monoisotopic (exact) mass is 155 g/mol. The van der Waals surface area contributed by atoms with Crippen LogP contribution >= 0.6 is 0 Å². The van der Waals surface area contributed by atoms with Gasteiger partial charge in [-0.1, -0.05) is 6.07 Å². The molecule has 0 unspecified atom stereocenters. The van der Waals surface area contributed by atoms with E-state index in [1.54, 1.807) is 6.92 Å². The summed E-state index contributed by atoms with van der Waals surface area (Å²) >= 11 is 0. The maximum Gasteiger partial charge on any atom is 0.131 e. The lowest BCUT2D eigenvalue weighted by Crippen LogP contribution is -2.06. The Labute approximate surface area is 64.5 Å². The van der Waals surface area contributed by atoms with E-state index >= 15 is 0 Å². The van der Waals surface area contributed by atoms with Gasteiger partial charge in [0.25, 0.3) is 0 Å². The Morgan fingerprint density at radius 2 is 2.18 bits per heavy atom. The minimum absolute atomic E-state index is 0.0769. The molecular formula is C8H10FNO. The topological polar surface area (TPSA) is 46.2 Å². The summed E-state index contributed by atoms with van der Waals surface area (Å²) in [5.41, 5.74) is 5.86. The molecule has 0 saturated carbocycles. The molecule has 3 heteroatoms. The summed E-state index contributed by atoms with van der Waals surface area (Å²) in [6.07, 6.45) is 0. The van der Waals surface area contributed by atoms with E-state index in [-0.39, 0.29) is 11.8 Å². The average molecular weight is 155 g/mol. The fourth-order valence-corrected chi connectivity index (χ4v) is 0.885. The summed E-state index contributed by atoms with van der Waals surface area (Å²) in [4.78, 5) is 0. The highest BCUT2D eigenvalue weighted by atomic mass is 19.1. The van der Waals surface area contributed by atoms with Gasteiger partial charge in [0.05, 0.1) is 0 Å². The molecule has 1 aromatic rings. The Morgan fingerprint density at radius 3 is 2.64 bits per heavy atom. The molecule has 0 bridgehead atoms. The first kappa shape index (κ1) is 8.01. The van der Waals surface area contributed by atoms with Crippen molar-refractivity contribution in [1.82, 2.24) is 0 Å². The Bertz CT molecular complexity index is 260. The van der Waals surface area contributed by atoms with Gasteiger partial charge in [0, 0.05) is 17.7 Å². The second-order valence-electron chi connectivity index (χ2n) is 2.49. The molecule has 0 saturated heterocycles. The van der Waals surface area contributed by atoms with Gasteiger partial charge in [0.15, 0.2) is 0 Å². The highest BCUT2D eigenvalue weighted by Gasteiger charge is 2.06. The minimum atomic E-state index is -0.458. The number of phenols is 1. The van der Waals surface area contributed by atoms with Gasteiger partial charge >= 0.3 is 0 Å². The van der Waals surface area contributed by atoms with Crippen LogP contribution in [-0.2, 0) is 0 Å². The molecule has 1 aromatic carbocycles. The number of hydrogen-bond donors (Lipinski definition) is 2. The van der Waals surface area contributed by atoms with Gasteiger partial charge in [0.1, 0.15) is 11.6 Å². The molecule has 0 fully saturated rings. The van der Waals surface area contributed by atoms with Crippen LogP contribution in [0.1, 0.15) is 18.5 Å². The molecule has 0 aliphatic carbocycles. The van der Waals surface area contributed by atoms with Crippen molar-refractivity contribution in [2.24, 2.45) is 5.73 Å². The van der Waals surface area contributed by atoms with Crippen LogP contribution in [0.25, 0.3) is 0 Å². The third-order valence-electron chi connectivity index (χ3n) is 1.47. The first-order chi connectivity index (χ1) is 5.11. The van der Waals surface area contributed by atoms with Crippen LogP contribution in [0.2, 0.25) is 0 Å². The number of aromatic hydroxyl groups is 1. The molecule has 3 N–H and O–H groups in total. The molecule has 1 rings (SSSR count). The van der Waals surface area contributed by atoms with Gasteiger partial charge in [-0.05, 0) is 13.0 Å². The normalized spacial score (nSPS) is 13.0. The molecule has 60 valence electrons. The van der Waals surface area contributed by atoms with E-state index < -0.39 is 5.82 Å². The largest absolute Gasteiger partial charge is 0.508 e. The predicted octanol–water partition coefficient (Wildman–Crippen LogP) is 1.55. The van der Waals surface area contributed by atoms with Crippen LogP contribution in [0.15, 0.2) is 18.2 Å². The predicted molar refractivity (Wildman–Crippen MR) is 40.7 cm³/mol. The van der Waals surface area contributed by atoms with Crippen LogP contribution in [0, 0.1) is 5.82 Å². The second kappa shape index (κ2) is 2.88. The third kappa shape index (κ3) is 1.68. The van der Waals surface area contributed by atoms with Crippen LogP contribution in [0.5, 0.6) is 5.75 Å². The zero-order chi connectivity index (χ0) is 8.43. The first-order valence-corrected chi connectivity index (χ1v) is 3.35. The number of phenolic OH excluding ortho intramolecular Hbond substituents is 1. The number of hydrogen-bond acceptors (Lipinski definition) is 2. The minimum Gasteiger partial charge on any atom is -0.508 e. The van der Waals surface area contributed by atoms with Crippen LogP contribution in [0.3, 0.4) is 0 Å². The van der Waals surface area contributed by atoms with Crippen LogP contribution < -0.4 is 5.73 Å². The van der Waals surface area contributed by atoms with Crippen molar-refractivity contribution in [3.63, 3.8) is 0 Å². The van der Waals surface area contributed by atoms with Crippen LogP contribution in [0.4, 0.5) is 4.39 Å². The van der Waals surface area contributed by atoms with E-state index in [4.69, 9.17) is 10.8 Å². The smallest absolute Gasteiger partial charge is 0.131 e. The molecule has 2 nitrogen and oxygen atoms in total. The van der Waals surface area contributed by atoms with E-state index in [0.717, 1.165) is 6.07 Å². The highest BCUT2D eigenvalue weighted by Crippen LogP contribution is 2.18. The number of rotatable bonds is 1. The number of benzene rings is 1. The van der Waals surface area contributed by atoms with Crippen molar-refractivity contribution in [3.8, 4) is 5.75 Å². The maximum atomic E-state index is 12.9. The quantitative estimate of drug-likeness (QED) is 0.646. The molecule has 0 amide bonds. The lowest BCUT2D eigenvalue weighted by Gasteiger charge is -2.06. The summed E-state index contributed by atoms with van der Waals surface area (Å²) in [6.45, 7) is 1.69. The van der Waals surface area contributed by atoms with E-state index in [0.29, 0.717) is 5.56 Å². The standard InChI is InChI=1S/C8H10FNO/c1-5(10)7-3-2-6(11)4-8(7)9/h2-5,11H,10H2,1H3/t5-/m0/s1. The lowest BCUT2D eigenvalue weighted by atomic mass is 10.1. The summed E-state index contributed by atoms with van der Waals surface area (Å²) in [5.74, 6) is -0.535. The molecule has 11 heavy (non-hydrogen) atoms. The molecule has 0 spiro atoms. The Balaban J connectivity index is 3.09. The summed E-state index contributed by atoms with van der Waals surface area (Å²) in [7, 11) is 0. The van der Waals surface area contributed by atoms with Crippen molar-refractivity contribution < 1.29 is 9.50 Å². The maximum absolute atomic E-state index is 12.9. The van der Waals surface area contributed by atoms with E-state index in [1.807, 2.05) is 0 Å². The van der Waals surface area contributed by atoms with Gasteiger partial charge in [-0.2, -0.15) is 0 Å². The van der Waals surface area contributed by atoms with Crippen molar-refractivity contribution in [2.75, 3.05) is 0 Å². The van der Waals surface area contributed by atoms with Gasteiger partial charge in [-0.25, -0.2) is 4.39 Å². The fraction of sp³-hybridized carbons (Fsp3) is 0.250. The van der Waals surface area contributed by atoms with Crippen molar-refractivity contribution in [1.29, 1.82) is 0 Å². The van der Waals surface area contributed by atoms with Crippen molar-refractivity contribution in [2.45, 2.75) is 13.0 Å². The Hall–Kier alpha value is -1.09. The molecule has 0 aliphatic heterocycles. The molecule has 0 radical (unpaired) electrons. The Kier molecular flexibility index (Phi) is 2.10. The summed E-state index contributed by atoms with van der Waals surface area (Å²) < 4.78 is 12.9. The molecular weight excluding hydrogens is 145 g/mol. The first-order valence-electron chi connectivity index (χ1n) is 3.35. The zero-order valence-electron chi connectivity index (χ0n) is 6.21. The number of halogens is 1. The molecule has 0 aromatic heterocycles. The van der Waals surface area contributed by atoms with Crippen molar-refractivity contribution >= 4 is 0 Å². The van der Waals surface area contributed by atoms with E-state index in [2.05, 4.69) is 0 Å². The van der Waals surface area contributed by atoms with E-state index in [1.165, 1.54) is 12.1 Å². The Morgan fingerprint density at radius 1 is 1.55 bits per heavy atom. The highest BCUT2D eigenvalue weighted by molar-refractivity contribution is 5.29. The fourth-order valence-electron chi connectivity index (χ4n) is 0.885. The van der Waals surface area contributed by atoms with Gasteiger partial charge in [-0.15, -0.1) is 0 Å². The van der Waals surface area contributed by atoms with Gasteiger partial charge in [-0.3, -0.25) is 0 Å².